The van der Waals surface area contributed by atoms with Crippen molar-refractivity contribution in [2.45, 2.75) is 31.4 Å². The Morgan fingerprint density at radius 2 is 2.10 bits per heavy atom. The molecule has 1 aromatic rings. The first-order valence-corrected chi connectivity index (χ1v) is 7.22. The molecule has 1 fully saturated rings. The van der Waals surface area contributed by atoms with Gasteiger partial charge in [0, 0.05) is 18.2 Å². The number of carbonyl (C=O) groups is 2. The first-order chi connectivity index (χ1) is 9.94. The topological polar surface area (TPSA) is 67.4 Å². The van der Waals surface area contributed by atoms with Gasteiger partial charge >= 0.3 is 11.8 Å². The van der Waals surface area contributed by atoms with Crippen LogP contribution in [0.2, 0.25) is 5.02 Å². The van der Waals surface area contributed by atoms with Gasteiger partial charge in [0.05, 0.1) is 6.54 Å². The maximum atomic E-state index is 11.8. The first kappa shape index (κ1) is 15.8. The molecule has 1 aliphatic carbocycles. The van der Waals surface area contributed by atoms with Crippen molar-refractivity contribution < 1.29 is 14.3 Å². The normalized spacial score (nSPS) is 16.9. The van der Waals surface area contributed by atoms with Gasteiger partial charge < -0.3 is 15.4 Å². The fourth-order valence-corrected chi connectivity index (χ4v) is 2.11. The second-order valence-corrected chi connectivity index (χ2v) is 5.81. The quantitative estimate of drug-likeness (QED) is 0.812. The molecule has 1 aliphatic rings. The molecule has 2 rings (SSSR count). The summed E-state index contributed by atoms with van der Waals surface area (Å²) in [4.78, 5) is 23.4. The lowest BCUT2D eigenvalue weighted by atomic mass is 9.95. The fourth-order valence-electron chi connectivity index (χ4n) is 1.92. The Bertz CT molecular complexity index is 545. The van der Waals surface area contributed by atoms with Gasteiger partial charge in [-0.15, -0.1) is 0 Å². The number of carbonyl (C=O) groups excluding carboxylic acids is 2. The van der Waals surface area contributed by atoms with Crippen molar-refractivity contribution >= 4 is 23.4 Å². The highest BCUT2D eigenvalue weighted by molar-refractivity contribution is 6.35. The largest absolute Gasteiger partial charge is 0.372 e. The van der Waals surface area contributed by atoms with Crippen molar-refractivity contribution in [1.29, 1.82) is 0 Å². The Kier molecular flexibility index (Phi) is 4.85. The third kappa shape index (κ3) is 4.19. The van der Waals surface area contributed by atoms with E-state index >= 15 is 0 Å². The molecule has 0 radical (unpaired) electrons. The number of hydrogen-bond acceptors (Lipinski definition) is 3. The third-order valence-electron chi connectivity index (χ3n) is 3.59. The van der Waals surface area contributed by atoms with Crippen LogP contribution in [0.25, 0.3) is 0 Å². The minimum absolute atomic E-state index is 0.157. The molecular weight excluding hydrogens is 292 g/mol. The van der Waals surface area contributed by atoms with Gasteiger partial charge in [0.25, 0.3) is 0 Å². The summed E-state index contributed by atoms with van der Waals surface area (Å²) in [6.45, 7) is 2.01. The summed E-state index contributed by atoms with van der Waals surface area (Å²) in [5.74, 6) is -1.24. The molecule has 2 N–H and O–H groups in total. The van der Waals surface area contributed by atoms with E-state index in [1.54, 1.807) is 19.2 Å². The van der Waals surface area contributed by atoms with Gasteiger partial charge in [-0.3, -0.25) is 9.59 Å². The van der Waals surface area contributed by atoms with Crippen LogP contribution < -0.4 is 10.6 Å². The summed E-state index contributed by atoms with van der Waals surface area (Å²) in [5, 5.41) is 5.84. The van der Waals surface area contributed by atoms with Crippen molar-refractivity contribution in [1.82, 2.24) is 10.6 Å². The molecule has 21 heavy (non-hydrogen) atoms. The number of halogens is 1. The van der Waals surface area contributed by atoms with Gasteiger partial charge in [-0.2, -0.15) is 0 Å². The van der Waals surface area contributed by atoms with Gasteiger partial charge in [-0.25, -0.2) is 0 Å². The number of ether oxygens (including phenoxy) is 1. The Balaban J connectivity index is 1.97. The molecule has 0 aliphatic heterocycles. The molecule has 1 unspecified atom stereocenters. The first-order valence-electron chi connectivity index (χ1n) is 6.84. The van der Waals surface area contributed by atoms with Crippen molar-refractivity contribution in [3.8, 4) is 0 Å². The number of rotatable bonds is 5. The smallest absolute Gasteiger partial charge is 0.309 e. The lowest BCUT2D eigenvalue weighted by molar-refractivity contribution is -0.140. The van der Waals surface area contributed by atoms with Crippen LogP contribution in [-0.4, -0.2) is 31.5 Å². The van der Waals surface area contributed by atoms with Gasteiger partial charge in [0.15, 0.2) is 0 Å². The van der Waals surface area contributed by atoms with Crippen molar-refractivity contribution in [3.05, 3.63) is 34.9 Å². The second kappa shape index (κ2) is 6.45. The molecule has 0 aromatic heterocycles. The molecule has 1 saturated carbocycles. The molecule has 1 aromatic carbocycles. The lowest BCUT2D eigenvalue weighted by Crippen LogP contribution is -2.46. The Labute approximate surface area is 129 Å². The number of methoxy groups -OCH3 is 1. The van der Waals surface area contributed by atoms with Crippen LogP contribution in [0.4, 0.5) is 0 Å². The number of nitrogens with one attached hydrogen (secondary N) is 2. The highest BCUT2D eigenvalue weighted by Gasteiger charge is 2.30. The Hall–Kier alpha value is -1.59. The summed E-state index contributed by atoms with van der Waals surface area (Å²) < 4.78 is 5.50. The van der Waals surface area contributed by atoms with Crippen LogP contribution in [0.1, 0.15) is 25.3 Å². The SMILES string of the molecule is COC(C)(CNC(=O)C(=O)NC1CC1)c1cccc(Cl)c1. The molecular formula is C15H19ClN2O3. The molecule has 0 heterocycles. The highest BCUT2D eigenvalue weighted by Crippen LogP contribution is 2.26. The molecule has 6 heteroatoms. The molecule has 2 amide bonds. The average molecular weight is 311 g/mol. The molecule has 114 valence electrons. The zero-order chi connectivity index (χ0) is 15.5. The predicted molar refractivity (Wildman–Crippen MR) is 80.0 cm³/mol. The van der Waals surface area contributed by atoms with Gasteiger partial charge in [0.2, 0.25) is 0 Å². The highest BCUT2D eigenvalue weighted by atomic mass is 35.5. The zero-order valence-corrected chi connectivity index (χ0v) is 12.9. The van der Waals surface area contributed by atoms with E-state index < -0.39 is 17.4 Å². The van der Waals surface area contributed by atoms with Crippen LogP contribution in [-0.2, 0) is 19.9 Å². The van der Waals surface area contributed by atoms with E-state index in [4.69, 9.17) is 16.3 Å². The number of benzene rings is 1. The van der Waals surface area contributed by atoms with E-state index in [0.717, 1.165) is 18.4 Å². The van der Waals surface area contributed by atoms with E-state index in [0.29, 0.717) is 5.02 Å². The summed E-state index contributed by atoms with van der Waals surface area (Å²) in [5.41, 5.74) is 0.0841. The van der Waals surface area contributed by atoms with Gasteiger partial charge in [0.1, 0.15) is 5.60 Å². The van der Waals surface area contributed by atoms with E-state index in [9.17, 15) is 9.59 Å². The van der Waals surface area contributed by atoms with Crippen molar-refractivity contribution in [3.63, 3.8) is 0 Å². The van der Waals surface area contributed by atoms with E-state index in [1.165, 1.54) is 0 Å². The summed E-state index contributed by atoms with van der Waals surface area (Å²) in [6, 6.07) is 7.39. The van der Waals surface area contributed by atoms with E-state index in [2.05, 4.69) is 10.6 Å². The zero-order valence-electron chi connectivity index (χ0n) is 12.1. The van der Waals surface area contributed by atoms with E-state index in [-0.39, 0.29) is 12.6 Å². The Morgan fingerprint density at radius 1 is 1.38 bits per heavy atom. The average Bonchev–Trinajstić information content (AvgIpc) is 3.28. The summed E-state index contributed by atoms with van der Waals surface area (Å²) in [7, 11) is 1.55. The molecule has 0 bridgehead atoms. The minimum Gasteiger partial charge on any atom is -0.372 e. The standard InChI is InChI=1S/C15H19ClN2O3/c1-15(21-2,10-4-3-5-11(16)8-10)9-17-13(19)14(20)18-12-6-7-12/h3-5,8,12H,6-7,9H2,1-2H3,(H,17,19)(H,18,20). The van der Waals surface area contributed by atoms with Crippen molar-refractivity contribution in [2.75, 3.05) is 13.7 Å². The number of hydrogen-bond donors (Lipinski definition) is 2. The van der Waals surface area contributed by atoms with Crippen LogP contribution >= 0.6 is 11.6 Å². The van der Waals surface area contributed by atoms with E-state index in [1.807, 2.05) is 19.1 Å². The number of amides is 2. The predicted octanol–water partition coefficient (Wildman–Crippen LogP) is 1.60. The molecule has 1 atom stereocenters. The van der Waals surface area contributed by atoms with Crippen LogP contribution in [0.5, 0.6) is 0 Å². The maximum Gasteiger partial charge on any atom is 0.309 e. The fraction of sp³-hybridized carbons (Fsp3) is 0.467. The van der Waals surface area contributed by atoms with Crippen LogP contribution in [0, 0.1) is 0 Å². The van der Waals surface area contributed by atoms with Crippen LogP contribution in [0.3, 0.4) is 0 Å². The summed E-state index contributed by atoms with van der Waals surface area (Å²) >= 11 is 5.98. The van der Waals surface area contributed by atoms with Crippen LogP contribution in [0.15, 0.2) is 24.3 Å². The van der Waals surface area contributed by atoms with Crippen molar-refractivity contribution in [2.24, 2.45) is 0 Å². The third-order valence-corrected chi connectivity index (χ3v) is 3.83. The maximum absolute atomic E-state index is 11.8. The van der Waals surface area contributed by atoms with Gasteiger partial charge in [-0.1, -0.05) is 23.7 Å². The second-order valence-electron chi connectivity index (χ2n) is 5.38. The monoisotopic (exact) mass is 310 g/mol. The molecule has 0 spiro atoms. The molecule has 5 nitrogen and oxygen atoms in total. The lowest BCUT2D eigenvalue weighted by Gasteiger charge is -2.29. The summed E-state index contributed by atoms with van der Waals surface area (Å²) in [6.07, 6.45) is 1.88. The van der Waals surface area contributed by atoms with Gasteiger partial charge in [-0.05, 0) is 37.5 Å². The Morgan fingerprint density at radius 3 is 2.67 bits per heavy atom. The minimum atomic E-state index is -0.750. The molecule has 0 saturated heterocycles.